The van der Waals surface area contributed by atoms with E-state index in [9.17, 15) is 9.50 Å². The molecule has 1 heterocycles. The average molecular weight is 225 g/mol. The Balaban J connectivity index is 2.39. The van der Waals surface area contributed by atoms with Crippen LogP contribution in [0.5, 0.6) is 11.5 Å². The molecule has 1 fully saturated rings. The van der Waals surface area contributed by atoms with Crippen molar-refractivity contribution in [2.75, 3.05) is 20.2 Å². The third kappa shape index (κ3) is 1.97. The van der Waals surface area contributed by atoms with Gasteiger partial charge in [-0.2, -0.15) is 0 Å². The fourth-order valence-electron chi connectivity index (χ4n) is 2.23. The zero-order valence-corrected chi connectivity index (χ0v) is 9.29. The molecule has 0 unspecified atom stereocenters. The van der Waals surface area contributed by atoms with Crippen molar-refractivity contribution in [1.82, 2.24) is 5.32 Å². The van der Waals surface area contributed by atoms with Gasteiger partial charge >= 0.3 is 0 Å². The lowest BCUT2D eigenvalue weighted by atomic mass is 9.89. The maximum absolute atomic E-state index is 13.9. The predicted octanol–water partition coefficient (Wildman–Crippen LogP) is 2.01. The number of ether oxygens (including phenoxy) is 1. The van der Waals surface area contributed by atoms with Crippen molar-refractivity contribution in [2.24, 2.45) is 0 Å². The molecule has 1 aliphatic rings. The zero-order chi connectivity index (χ0) is 11.5. The summed E-state index contributed by atoms with van der Waals surface area (Å²) in [6, 6.07) is 2.95. The van der Waals surface area contributed by atoms with Crippen molar-refractivity contribution in [1.29, 1.82) is 0 Å². The molecule has 4 heteroatoms. The van der Waals surface area contributed by atoms with E-state index in [0.29, 0.717) is 11.3 Å². The molecule has 0 spiro atoms. The second-order valence-corrected chi connectivity index (χ2v) is 4.04. The Bertz CT molecular complexity index is 376. The third-order valence-electron chi connectivity index (χ3n) is 3.09. The number of hydrogen-bond donors (Lipinski definition) is 2. The quantitative estimate of drug-likeness (QED) is 0.809. The first-order valence-electron chi connectivity index (χ1n) is 5.50. The summed E-state index contributed by atoms with van der Waals surface area (Å²) < 4.78 is 19.0. The van der Waals surface area contributed by atoms with Crippen molar-refractivity contribution < 1.29 is 14.2 Å². The number of benzene rings is 1. The minimum atomic E-state index is -0.536. The Morgan fingerprint density at radius 2 is 2.06 bits per heavy atom. The van der Waals surface area contributed by atoms with E-state index in [1.807, 2.05) is 0 Å². The van der Waals surface area contributed by atoms with Crippen LogP contribution in [0, 0.1) is 5.82 Å². The summed E-state index contributed by atoms with van der Waals surface area (Å²) in [5, 5.41) is 12.6. The largest absolute Gasteiger partial charge is 0.505 e. The summed E-state index contributed by atoms with van der Waals surface area (Å²) in [6.07, 6.45) is 1.74. The van der Waals surface area contributed by atoms with E-state index in [2.05, 4.69) is 5.32 Å². The van der Waals surface area contributed by atoms with Crippen LogP contribution in [-0.4, -0.2) is 25.3 Å². The first kappa shape index (κ1) is 11.2. The number of methoxy groups -OCH3 is 1. The molecule has 1 aliphatic heterocycles. The molecular weight excluding hydrogens is 209 g/mol. The number of phenols is 1. The molecular formula is C12H16FNO2. The van der Waals surface area contributed by atoms with E-state index >= 15 is 0 Å². The Kier molecular flexibility index (Phi) is 3.29. The van der Waals surface area contributed by atoms with Gasteiger partial charge in [0.15, 0.2) is 11.6 Å². The van der Waals surface area contributed by atoms with Gasteiger partial charge in [-0.05, 0) is 44.0 Å². The van der Waals surface area contributed by atoms with Crippen LogP contribution < -0.4 is 10.1 Å². The van der Waals surface area contributed by atoms with E-state index in [1.165, 1.54) is 13.2 Å². The molecule has 1 aromatic rings. The fraction of sp³-hybridized carbons (Fsp3) is 0.500. The standard InChI is InChI=1S/C12H16FNO2/c1-16-10-3-2-9(15)12(13)11(10)8-4-6-14-7-5-8/h2-3,8,14-15H,4-7H2,1H3. The summed E-state index contributed by atoms with van der Waals surface area (Å²) in [6.45, 7) is 1.76. The van der Waals surface area contributed by atoms with E-state index in [4.69, 9.17) is 4.74 Å². The predicted molar refractivity (Wildman–Crippen MR) is 59.5 cm³/mol. The molecule has 0 bridgehead atoms. The molecule has 0 aliphatic carbocycles. The lowest BCUT2D eigenvalue weighted by Crippen LogP contribution is -2.27. The van der Waals surface area contributed by atoms with Crippen LogP contribution in [0.2, 0.25) is 0 Å². The summed E-state index contributed by atoms with van der Waals surface area (Å²) in [5.74, 6) is -0.175. The van der Waals surface area contributed by atoms with Crippen molar-refractivity contribution in [3.05, 3.63) is 23.5 Å². The number of aromatic hydroxyl groups is 1. The van der Waals surface area contributed by atoms with Gasteiger partial charge in [-0.3, -0.25) is 0 Å². The fourth-order valence-corrected chi connectivity index (χ4v) is 2.23. The zero-order valence-electron chi connectivity index (χ0n) is 9.29. The third-order valence-corrected chi connectivity index (χ3v) is 3.09. The van der Waals surface area contributed by atoms with Crippen molar-refractivity contribution in [3.63, 3.8) is 0 Å². The van der Waals surface area contributed by atoms with Gasteiger partial charge in [0.25, 0.3) is 0 Å². The Morgan fingerprint density at radius 3 is 2.69 bits per heavy atom. The molecule has 3 nitrogen and oxygen atoms in total. The van der Waals surface area contributed by atoms with Gasteiger partial charge in [-0.25, -0.2) is 4.39 Å². The van der Waals surface area contributed by atoms with Crippen molar-refractivity contribution in [3.8, 4) is 11.5 Å². The van der Waals surface area contributed by atoms with Crippen LogP contribution in [0.15, 0.2) is 12.1 Å². The summed E-state index contributed by atoms with van der Waals surface area (Å²) in [7, 11) is 1.52. The molecule has 0 aromatic heterocycles. The van der Waals surface area contributed by atoms with Gasteiger partial charge in [0.2, 0.25) is 0 Å². The smallest absolute Gasteiger partial charge is 0.171 e. The van der Waals surface area contributed by atoms with Gasteiger partial charge < -0.3 is 15.2 Å². The minimum Gasteiger partial charge on any atom is -0.505 e. The molecule has 1 aromatic carbocycles. The van der Waals surface area contributed by atoms with E-state index in [0.717, 1.165) is 25.9 Å². The summed E-state index contributed by atoms with van der Waals surface area (Å²) in [4.78, 5) is 0. The van der Waals surface area contributed by atoms with Crippen LogP contribution in [0.1, 0.15) is 24.3 Å². The second kappa shape index (κ2) is 4.70. The van der Waals surface area contributed by atoms with Crippen molar-refractivity contribution in [2.45, 2.75) is 18.8 Å². The monoisotopic (exact) mass is 225 g/mol. The second-order valence-electron chi connectivity index (χ2n) is 4.04. The van der Waals surface area contributed by atoms with Gasteiger partial charge in [0.1, 0.15) is 5.75 Å². The van der Waals surface area contributed by atoms with Gasteiger partial charge in [0.05, 0.1) is 7.11 Å². The topological polar surface area (TPSA) is 41.5 Å². The highest BCUT2D eigenvalue weighted by Crippen LogP contribution is 2.37. The SMILES string of the molecule is COc1ccc(O)c(F)c1C1CCNCC1. The molecule has 16 heavy (non-hydrogen) atoms. The van der Waals surface area contributed by atoms with Crippen LogP contribution in [0.25, 0.3) is 0 Å². The van der Waals surface area contributed by atoms with Crippen LogP contribution in [-0.2, 0) is 0 Å². The highest BCUT2D eigenvalue weighted by atomic mass is 19.1. The van der Waals surface area contributed by atoms with E-state index in [1.54, 1.807) is 6.07 Å². The Hall–Kier alpha value is -1.29. The molecule has 2 rings (SSSR count). The number of rotatable bonds is 2. The molecule has 0 atom stereocenters. The molecule has 1 saturated heterocycles. The molecule has 0 saturated carbocycles. The van der Waals surface area contributed by atoms with Gasteiger partial charge in [0, 0.05) is 5.56 Å². The van der Waals surface area contributed by atoms with E-state index < -0.39 is 5.82 Å². The number of halogens is 1. The number of piperidine rings is 1. The molecule has 2 N–H and O–H groups in total. The van der Waals surface area contributed by atoms with E-state index in [-0.39, 0.29) is 11.7 Å². The first-order chi connectivity index (χ1) is 7.74. The summed E-state index contributed by atoms with van der Waals surface area (Å²) >= 11 is 0. The first-order valence-corrected chi connectivity index (χ1v) is 5.50. The minimum absolute atomic E-state index is 0.128. The maximum Gasteiger partial charge on any atom is 0.171 e. The van der Waals surface area contributed by atoms with Crippen LogP contribution in [0.3, 0.4) is 0 Å². The van der Waals surface area contributed by atoms with Crippen LogP contribution >= 0.6 is 0 Å². The summed E-state index contributed by atoms with van der Waals surface area (Å²) in [5.41, 5.74) is 0.518. The molecule has 0 amide bonds. The maximum atomic E-state index is 13.9. The Labute approximate surface area is 94.2 Å². The van der Waals surface area contributed by atoms with Gasteiger partial charge in [-0.15, -0.1) is 0 Å². The number of nitrogens with one attached hydrogen (secondary N) is 1. The highest BCUT2D eigenvalue weighted by molar-refractivity contribution is 5.43. The number of phenolic OH excluding ortho intramolecular Hbond substituents is 1. The average Bonchev–Trinajstić information content (AvgIpc) is 2.33. The van der Waals surface area contributed by atoms with Crippen LogP contribution in [0.4, 0.5) is 4.39 Å². The number of hydrogen-bond acceptors (Lipinski definition) is 3. The highest BCUT2D eigenvalue weighted by Gasteiger charge is 2.24. The normalized spacial score (nSPS) is 17.4. The Morgan fingerprint density at radius 1 is 1.38 bits per heavy atom. The lowest BCUT2D eigenvalue weighted by Gasteiger charge is -2.25. The van der Waals surface area contributed by atoms with Gasteiger partial charge in [-0.1, -0.05) is 0 Å². The van der Waals surface area contributed by atoms with Crippen molar-refractivity contribution >= 4 is 0 Å². The molecule has 88 valence electrons. The lowest BCUT2D eigenvalue weighted by molar-refractivity contribution is 0.368. The molecule has 0 radical (unpaired) electrons.